The zero-order chi connectivity index (χ0) is 26.0. The minimum absolute atomic E-state index is 0.0265. The Labute approximate surface area is 213 Å². The predicted octanol–water partition coefficient (Wildman–Crippen LogP) is 2.67. The van der Waals surface area contributed by atoms with Gasteiger partial charge in [-0.2, -0.15) is 10.4 Å². The van der Waals surface area contributed by atoms with Crippen molar-refractivity contribution < 1.29 is 14.6 Å². The Balaban J connectivity index is 1.33. The van der Waals surface area contributed by atoms with Gasteiger partial charge in [0.2, 0.25) is 0 Å². The van der Waals surface area contributed by atoms with Gasteiger partial charge in [0.15, 0.2) is 5.60 Å². The van der Waals surface area contributed by atoms with Crippen LogP contribution in [0.5, 0.6) is 11.5 Å². The Kier molecular flexibility index (Phi) is 6.11. The van der Waals surface area contributed by atoms with Gasteiger partial charge in [0.05, 0.1) is 42.8 Å². The summed E-state index contributed by atoms with van der Waals surface area (Å²) in [5.74, 6) is 6.71. The average molecular weight is 491 g/mol. The molecule has 1 saturated heterocycles. The third-order valence-corrected chi connectivity index (χ3v) is 5.96. The van der Waals surface area contributed by atoms with Crippen molar-refractivity contribution in [3.05, 3.63) is 66.4 Å². The summed E-state index contributed by atoms with van der Waals surface area (Å²) in [5, 5.41) is 24.0. The van der Waals surface area contributed by atoms with E-state index in [1.165, 1.54) is 13.1 Å². The lowest BCUT2D eigenvalue weighted by Gasteiger charge is -2.39. The van der Waals surface area contributed by atoms with Crippen LogP contribution in [0.1, 0.15) is 18.2 Å². The molecule has 0 bridgehead atoms. The van der Waals surface area contributed by atoms with Crippen LogP contribution in [-0.4, -0.2) is 56.1 Å². The van der Waals surface area contributed by atoms with Gasteiger partial charge < -0.3 is 19.5 Å². The molecular weight excluding hydrogens is 468 g/mol. The van der Waals surface area contributed by atoms with Crippen molar-refractivity contribution in [3.63, 3.8) is 0 Å². The molecule has 182 valence electrons. The quantitative estimate of drug-likeness (QED) is 0.394. The first-order valence-corrected chi connectivity index (χ1v) is 11.4. The van der Waals surface area contributed by atoms with E-state index >= 15 is 0 Å². The van der Waals surface area contributed by atoms with Crippen molar-refractivity contribution in [2.75, 3.05) is 24.6 Å². The highest BCUT2D eigenvalue weighted by Crippen LogP contribution is 2.32. The summed E-state index contributed by atoms with van der Waals surface area (Å²) in [4.78, 5) is 10.9. The third-order valence-electron chi connectivity index (χ3n) is 5.96. The monoisotopic (exact) mass is 490 g/mol. The molecule has 9 nitrogen and oxygen atoms in total. The molecule has 5 rings (SSSR count). The van der Waals surface area contributed by atoms with Crippen LogP contribution in [0.15, 0.2) is 55.1 Å². The van der Waals surface area contributed by atoms with Gasteiger partial charge in [0, 0.05) is 17.3 Å². The van der Waals surface area contributed by atoms with Gasteiger partial charge in [-0.15, -0.1) is 12.8 Å². The SMILES string of the molecule is C#Cc1ccc(OC2CN(c3ccc(-c4cc(OCC(C)(O)C#C)cn5ncc(C#N)c45)cn3)C2)cn1. The largest absolute Gasteiger partial charge is 0.488 e. The Bertz CT molecular complexity index is 1560. The molecular formula is C28H22N6O3. The average Bonchev–Trinajstić information content (AvgIpc) is 3.32. The number of anilines is 1. The van der Waals surface area contributed by atoms with Crippen LogP contribution in [0.4, 0.5) is 5.82 Å². The van der Waals surface area contributed by atoms with Crippen LogP contribution in [0.25, 0.3) is 16.6 Å². The summed E-state index contributed by atoms with van der Waals surface area (Å²) in [7, 11) is 0. The standard InChI is InChI=1S/C28H22N6O3/c1-4-21-7-8-22(14-30-21)37-24-15-33(16-24)26-9-6-19(12-31-26)25-10-23(36-18-28(3,35)5-2)17-34-27(25)20(11-29)13-32-34/h1-2,6-10,12-14,17,24,35H,15-16,18H2,3H3. The summed E-state index contributed by atoms with van der Waals surface area (Å²) in [5.41, 5.74) is 1.72. The van der Waals surface area contributed by atoms with Crippen molar-refractivity contribution in [2.45, 2.75) is 18.6 Å². The van der Waals surface area contributed by atoms with E-state index in [0.29, 0.717) is 41.4 Å². The van der Waals surface area contributed by atoms with Gasteiger partial charge in [-0.25, -0.2) is 14.5 Å². The summed E-state index contributed by atoms with van der Waals surface area (Å²) in [6.45, 7) is 2.77. The van der Waals surface area contributed by atoms with Gasteiger partial charge in [0.1, 0.15) is 41.8 Å². The van der Waals surface area contributed by atoms with E-state index < -0.39 is 5.60 Å². The number of rotatable bonds is 7. The van der Waals surface area contributed by atoms with Crippen molar-refractivity contribution in [1.29, 1.82) is 5.26 Å². The second kappa shape index (κ2) is 9.54. The number of terminal acetylenes is 2. The van der Waals surface area contributed by atoms with Gasteiger partial charge in [-0.05, 0) is 37.3 Å². The number of aliphatic hydroxyl groups is 1. The normalized spacial score (nSPS) is 14.6. The first-order chi connectivity index (χ1) is 17.9. The molecule has 1 atom stereocenters. The number of nitriles is 1. The molecule has 1 unspecified atom stereocenters. The minimum Gasteiger partial charge on any atom is -0.488 e. The Morgan fingerprint density at radius 2 is 1.97 bits per heavy atom. The number of nitrogens with zero attached hydrogens (tertiary/aromatic N) is 6. The number of aromatic nitrogens is 4. The molecule has 4 aromatic heterocycles. The highest BCUT2D eigenvalue weighted by atomic mass is 16.5. The van der Waals surface area contributed by atoms with E-state index in [9.17, 15) is 10.4 Å². The molecule has 1 aliphatic rings. The fourth-order valence-electron chi connectivity index (χ4n) is 3.90. The van der Waals surface area contributed by atoms with Gasteiger partial charge in [-0.3, -0.25) is 0 Å². The number of pyridine rings is 3. The molecule has 1 fully saturated rings. The van der Waals surface area contributed by atoms with Crippen LogP contribution in [0, 0.1) is 36.0 Å². The van der Waals surface area contributed by atoms with Crippen molar-refractivity contribution in [2.24, 2.45) is 0 Å². The molecule has 5 heterocycles. The van der Waals surface area contributed by atoms with Crippen molar-refractivity contribution >= 4 is 11.3 Å². The molecule has 37 heavy (non-hydrogen) atoms. The number of hydrogen-bond donors (Lipinski definition) is 1. The van der Waals surface area contributed by atoms with E-state index in [1.54, 1.807) is 35.2 Å². The first kappa shape index (κ1) is 23.7. The molecule has 4 aromatic rings. The van der Waals surface area contributed by atoms with Gasteiger partial charge in [0.25, 0.3) is 0 Å². The van der Waals surface area contributed by atoms with E-state index in [4.69, 9.17) is 22.3 Å². The van der Waals surface area contributed by atoms with Crippen LogP contribution < -0.4 is 14.4 Å². The van der Waals surface area contributed by atoms with Crippen molar-refractivity contribution in [1.82, 2.24) is 19.6 Å². The maximum atomic E-state index is 10.1. The Hall–Kier alpha value is -5.04. The lowest BCUT2D eigenvalue weighted by atomic mass is 10.0. The van der Waals surface area contributed by atoms with Crippen LogP contribution in [-0.2, 0) is 0 Å². The molecule has 1 aliphatic heterocycles. The first-order valence-electron chi connectivity index (χ1n) is 11.4. The summed E-state index contributed by atoms with van der Waals surface area (Å²) in [6.07, 6.45) is 17.2. The van der Waals surface area contributed by atoms with E-state index in [0.717, 1.165) is 16.9 Å². The lowest BCUT2D eigenvalue weighted by Crippen LogP contribution is -2.54. The van der Waals surface area contributed by atoms with Crippen LogP contribution >= 0.6 is 0 Å². The smallest absolute Gasteiger partial charge is 0.156 e. The summed E-state index contributed by atoms with van der Waals surface area (Å²) in [6, 6.07) is 11.4. The fourth-order valence-corrected chi connectivity index (χ4v) is 3.90. The molecule has 1 N–H and O–H groups in total. The number of hydrogen-bond acceptors (Lipinski definition) is 8. The van der Waals surface area contributed by atoms with E-state index in [-0.39, 0.29) is 12.7 Å². The molecule has 9 heteroatoms. The van der Waals surface area contributed by atoms with E-state index in [1.807, 2.05) is 18.2 Å². The zero-order valence-corrected chi connectivity index (χ0v) is 20.0. The van der Waals surface area contributed by atoms with Crippen LogP contribution in [0.3, 0.4) is 0 Å². The van der Waals surface area contributed by atoms with Gasteiger partial charge in [-0.1, -0.05) is 11.8 Å². The number of fused-ring (bicyclic) bond motifs is 1. The molecule has 0 spiro atoms. The van der Waals surface area contributed by atoms with Crippen LogP contribution in [0.2, 0.25) is 0 Å². The summed E-state index contributed by atoms with van der Waals surface area (Å²) >= 11 is 0. The second-order valence-electron chi connectivity index (χ2n) is 8.83. The molecule has 0 aliphatic carbocycles. The topological polar surface area (TPSA) is 109 Å². The maximum absolute atomic E-state index is 10.1. The lowest BCUT2D eigenvalue weighted by molar-refractivity contribution is 0.0629. The van der Waals surface area contributed by atoms with Gasteiger partial charge >= 0.3 is 0 Å². The second-order valence-corrected chi connectivity index (χ2v) is 8.83. The highest BCUT2D eigenvalue weighted by Gasteiger charge is 2.29. The Morgan fingerprint density at radius 1 is 1.14 bits per heavy atom. The predicted molar refractivity (Wildman–Crippen MR) is 137 cm³/mol. The zero-order valence-electron chi connectivity index (χ0n) is 20.0. The molecule has 0 aromatic carbocycles. The van der Waals surface area contributed by atoms with E-state index in [2.05, 4.69) is 37.9 Å². The molecule has 0 saturated carbocycles. The minimum atomic E-state index is -1.42. The summed E-state index contributed by atoms with van der Waals surface area (Å²) < 4.78 is 13.3. The maximum Gasteiger partial charge on any atom is 0.156 e. The molecule has 0 radical (unpaired) electrons. The number of ether oxygens (including phenoxy) is 2. The highest BCUT2D eigenvalue weighted by molar-refractivity contribution is 5.85. The molecule has 0 amide bonds. The Morgan fingerprint density at radius 3 is 2.62 bits per heavy atom. The third kappa shape index (κ3) is 4.88. The van der Waals surface area contributed by atoms with Crippen molar-refractivity contribution in [3.8, 4) is 53.4 Å². The fraction of sp³-hybridized carbons (Fsp3) is 0.214.